The minimum atomic E-state index is -3.64. The topological polar surface area (TPSA) is 92.4 Å². The lowest BCUT2D eigenvalue weighted by Gasteiger charge is -2.13. The fraction of sp³-hybridized carbons (Fsp3) is 0.455. The van der Waals surface area contributed by atoms with Crippen LogP contribution in [0, 0.1) is 12.8 Å². The summed E-state index contributed by atoms with van der Waals surface area (Å²) in [5.74, 6) is -0.148. The maximum absolute atomic E-state index is 12.0. The molecular weight excluding hydrogens is 276 g/mol. The van der Waals surface area contributed by atoms with E-state index in [2.05, 4.69) is 4.72 Å². The van der Waals surface area contributed by atoms with Gasteiger partial charge in [0.05, 0.1) is 15.6 Å². The van der Waals surface area contributed by atoms with E-state index in [1.807, 2.05) is 0 Å². The van der Waals surface area contributed by atoms with Crippen molar-refractivity contribution in [1.82, 2.24) is 4.72 Å². The molecule has 0 aromatic heterocycles. The number of aliphatic hydroxyl groups excluding tert-OH is 1. The molecule has 18 heavy (non-hydrogen) atoms. The summed E-state index contributed by atoms with van der Waals surface area (Å²) in [6.07, 6.45) is 0. The molecule has 0 saturated carbocycles. The third kappa shape index (κ3) is 3.58. The number of sulfonamides is 1. The molecule has 5 nitrogen and oxygen atoms in total. The average molecular weight is 293 g/mol. The summed E-state index contributed by atoms with van der Waals surface area (Å²) in [5, 5.41) is 9.19. The van der Waals surface area contributed by atoms with Crippen LogP contribution in [0.2, 0.25) is 5.02 Å². The Hall–Kier alpha value is -0.820. The molecular formula is C11H17ClN2O3S. The van der Waals surface area contributed by atoms with Gasteiger partial charge in [0, 0.05) is 13.2 Å². The first-order valence-corrected chi connectivity index (χ1v) is 7.30. The summed E-state index contributed by atoms with van der Waals surface area (Å²) in [4.78, 5) is 0.106. The van der Waals surface area contributed by atoms with Crippen molar-refractivity contribution >= 4 is 27.3 Å². The summed E-state index contributed by atoms with van der Waals surface area (Å²) in [6.45, 7) is 3.48. The summed E-state index contributed by atoms with van der Waals surface area (Å²) in [7, 11) is -3.64. The molecule has 7 heteroatoms. The molecule has 0 bridgehead atoms. The quantitative estimate of drug-likeness (QED) is 0.710. The minimum Gasteiger partial charge on any atom is -0.397 e. The van der Waals surface area contributed by atoms with E-state index in [0.717, 1.165) is 0 Å². The van der Waals surface area contributed by atoms with Crippen molar-refractivity contribution < 1.29 is 13.5 Å². The van der Waals surface area contributed by atoms with Gasteiger partial charge in [-0.25, -0.2) is 13.1 Å². The van der Waals surface area contributed by atoms with Crippen molar-refractivity contribution in [3.8, 4) is 0 Å². The van der Waals surface area contributed by atoms with E-state index in [0.29, 0.717) is 10.6 Å². The van der Waals surface area contributed by atoms with Crippen LogP contribution < -0.4 is 10.5 Å². The molecule has 102 valence electrons. The van der Waals surface area contributed by atoms with Gasteiger partial charge in [-0.2, -0.15) is 0 Å². The fourth-order valence-electron chi connectivity index (χ4n) is 1.35. The number of nitrogens with one attached hydrogen (secondary N) is 1. The van der Waals surface area contributed by atoms with Crippen LogP contribution in [0.1, 0.15) is 12.5 Å². The van der Waals surface area contributed by atoms with E-state index in [9.17, 15) is 8.42 Å². The first-order valence-electron chi connectivity index (χ1n) is 5.44. The third-order valence-corrected chi connectivity index (χ3v) is 4.41. The number of nitrogen functional groups attached to an aromatic ring is 1. The van der Waals surface area contributed by atoms with Gasteiger partial charge in [-0.1, -0.05) is 18.5 Å². The van der Waals surface area contributed by atoms with Crippen molar-refractivity contribution in [3.05, 3.63) is 22.7 Å². The number of rotatable bonds is 5. The Kier molecular flexibility index (Phi) is 4.98. The molecule has 0 aliphatic carbocycles. The van der Waals surface area contributed by atoms with Gasteiger partial charge in [0.2, 0.25) is 10.0 Å². The third-order valence-electron chi connectivity index (χ3n) is 2.52. The Morgan fingerprint density at radius 3 is 2.67 bits per heavy atom. The second-order valence-electron chi connectivity index (χ2n) is 4.28. The first kappa shape index (κ1) is 15.2. The number of benzene rings is 1. The van der Waals surface area contributed by atoms with Crippen LogP contribution in [0.4, 0.5) is 5.69 Å². The largest absolute Gasteiger partial charge is 0.397 e. The molecule has 1 rings (SSSR count). The lowest BCUT2D eigenvalue weighted by molar-refractivity contribution is 0.238. The van der Waals surface area contributed by atoms with Crippen molar-refractivity contribution in [2.24, 2.45) is 5.92 Å². The maximum Gasteiger partial charge on any atom is 0.240 e. The van der Waals surface area contributed by atoms with Crippen molar-refractivity contribution in [2.75, 3.05) is 18.9 Å². The average Bonchev–Trinajstić information content (AvgIpc) is 2.30. The number of hydrogen-bond acceptors (Lipinski definition) is 4. The predicted molar refractivity (Wildman–Crippen MR) is 72.0 cm³/mol. The number of aryl methyl sites for hydroxylation is 1. The number of nitrogens with two attached hydrogens (primary N) is 1. The second kappa shape index (κ2) is 5.88. The van der Waals surface area contributed by atoms with Crippen LogP contribution in [-0.4, -0.2) is 26.7 Å². The summed E-state index contributed by atoms with van der Waals surface area (Å²) >= 11 is 5.81. The maximum atomic E-state index is 12.0. The minimum absolute atomic E-state index is 0.0791. The molecule has 1 aromatic carbocycles. The van der Waals surface area contributed by atoms with Crippen molar-refractivity contribution in [3.63, 3.8) is 0 Å². The molecule has 0 aliphatic rings. The normalized spacial score (nSPS) is 13.6. The molecule has 1 aromatic rings. The van der Waals surface area contributed by atoms with Crippen molar-refractivity contribution in [1.29, 1.82) is 0 Å². The van der Waals surface area contributed by atoms with Crippen LogP contribution >= 0.6 is 11.6 Å². The summed E-state index contributed by atoms with van der Waals surface area (Å²) < 4.78 is 26.5. The standard InChI is InChI=1S/C11H17ClN2O3S/c1-7(6-15)5-14-18(16,17)11-4-10(13)9(12)3-8(11)2/h3-4,7,14-15H,5-6,13H2,1-2H3. The molecule has 4 N–H and O–H groups in total. The smallest absolute Gasteiger partial charge is 0.240 e. The summed E-state index contributed by atoms with van der Waals surface area (Å²) in [6, 6.07) is 2.85. The number of hydrogen-bond donors (Lipinski definition) is 3. The van der Waals surface area contributed by atoms with Gasteiger partial charge in [0.1, 0.15) is 0 Å². The monoisotopic (exact) mass is 292 g/mol. The SMILES string of the molecule is Cc1cc(Cl)c(N)cc1S(=O)(=O)NCC(C)CO. The van der Waals surface area contributed by atoms with Gasteiger partial charge in [0.15, 0.2) is 0 Å². The van der Waals surface area contributed by atoms with E-state index >= 15 is 0 Å². The van der Waals surface area contributed by atoms with Crippen LogP contribution in [-0.2, 0) is 10.0 Å². The molecule has 1 unspecified atom stereocenters. The van der Waals surface area contributed by atoms with Crippen molar-refractivity contribution in [2.45, 2.75) is 18.7 Å². The second-order valence-corrected chi connectivity index (χ2v) is 6.42. The Balaban J connectivity index is 3.02. The van der Waals surface area contributed by atoms with Crippen LogP contribution in [0.25, 0.3) is 0 Å². The highest BCUT2D eigenvalue weighted by molar-refractivity contribution is 7.89. The zero-order valence-corrected chi connectivity index (χ0v) is 11.8. The Labute approximate surface area is 112 Å². The van der Waals surface area contributed by atoms with Gasteiger partial charge >= 0.3 is 0 Å². The Morgan fingerprint density at radius 1 is 1.50 bits per heavy atom. The van der Waals surface area contributed by atoms with Gasteiger partial charge in [-0.15, -0.1) is 0 Å². The highest BCUT2D eigenvalue weighted by Crippen LogP contribution is 2.26. The molecule has 0 amide bonds. The van der Waals surface area contributed by atoms with E-state index in [-0.39, 0.29) is 29.7 Å². The zero-order chi connectivity index (χ0) is 13.9. The Bertz CT molecular complexity index is 531. The van der Waals surface area contributed by atoms with Gasteiger partial charge in [-0.3, -0.25) is 0 Å². The van der Waals surface area contributed by atoms with Crippen LogP contribution in [0.15, 0.2) is 17.0 Å². The van der Waals surface area contributed by atoms with Crippen LogP contribution in [0.3, 0.4) is 0 Å². The van der Waals surface area contributed by atoms with Gasteiger partial charge in [-0.05, 0) is 30.5 Å². The molecule has 0 aliphatic heterocycles. The molecule has 0 radical (unpaired) electrons. The van der Waals surface area contributed by atoms with E-state index in [1.54, 1.807) is 13.8 Å². The number of anilines is 1. The van der Waals surface area contributed by atoms with Gasteiger partial charge < -0.3 is 10.8 Å². The van der Waals surface area contributed by atoms with Crippen LogP contribution in [0.5, 0.6) is 0 Å². The van der Waals surface area contributed by atoms with E-state index in [1.165, 1.54) is 12.1 Å². The van der Waals surface area contributed by atoms with E-state index in [4.69, 9.17) is 22.4 Å². The zero-order valence-electron chi connectivity index (χ0n) is 10.3. The molecule has 0 heterocycles. The van der Waals surface area contributed by atoms with E-state index < -0.39 is 10.0 Å². The fourth-order valence-corrected chi connectivity index (χ4v) is 2.99. The lowest BCUT2D eigenvalue weighted by Crippen LogP contribution is -2.30. The highest BCUT2D eigenvalue weighted by atomic mass is 35.5. The summed E-state index contributed by atoms with van der Waals surface area (Å²) in [5.41, 5.74) is 6.35. The molecule has 0 fully saturated rings. The van der Waals surface area contributed by atoms with Gasteiger partial charge in [0.25, 0.3) is 0 Å². The predicted octanol–water partition coefficient (Wildman–Crippen LogP) is 1.14. The molecule has 0 spiro atoms. The number of halogens is 1. The Morgan fingerprint density at radius 2 is 2.11 bits per heavy atom. The lowest BCUT2D eigenvalue weighted by atomic mass is 10.2. The highest BCUT2D eigenvalue weighted by Gasteiger charge is 2.18. The first-order chi connectivity index (χ1) is 8.27. The molecule has 0 saturated heterocycles. The molecule has 1 atom stereocenters. The number of aliphatic hydroxyl groups is 1.